The first-order valence-electron chi connectivity index (χ1n) is 35.8. The number of hydrogen-bond donors (Lipinski definition) is 14. The molecule has 6 amide bonds. The molecule has 11 atom stereocenters. The van der Waals surface area contributed by atoms with Gasteiger partial charge in [0, 0.05) is 64.4 Å². The molecule has 11 unspecified atom stereocenters. The monoisotopic (exact) mass is 1570 g/mol. The molecular formula is C68H117N9O32. The van der Waals surface area contributed by atoms with Gasteiger partial charge in [0.15, 0.2) is 18.3 Å². The van der Waals surface area contributed by atoms with Crippen molar-refractivity contribution in [1.82, 2.24) is 36.4 Å². The first-order chi connectivity index (χ1) is 51.3. The minimum Gasteiger partial charge on any atom is -0.447 e. The van der Waals surface area contributed by atoms with E-state index in [2.05, 4.69) is 90.1 Å². The van der Waals surface area contributed by atoms with Crippen molar-refractivity contribution in [1.29, 1.82) is 0 Å². The van der Waals surface area contributed by atoms with Gasteiger partial charge in [0.2, 0.25) is 12.2 Å². The van der Waals surface area contributed by atoms with Crippen LogP contribution in [0.25, 0.3) is 0 Å². The van der Waals surface area contributed by atoms with Crippen LogP contribution in [0.2, 0.25) is 0 Å². The number of alkyl carbamates (subject to hydrolysis) is 4. The first-order valence-corrected chi connectivity index (χ1v) is 35.8. The quantitative estimate of drug-likeness (QED) is 0.0140. The third-order valence-corrected chi connectivity index (χ3v) is 17.2. The Balaban J connectivity index is 0.000000543. The van der Waals surface area contributed by atoms with Gasteiger partial charge >= 0.3 is 55.0 Å². The highest BCUT2D eigenvalue weighted by molar-refractivity contribution is 5.70. The zero-order valence-corrected chi connectivity index (χ0v) is 63.9. The van der Waals surface area contributed by atoms with Gasteiger partial charge in [-0.25, -0.2) is 62.7 Å². The third-order valence-electron chi connectivity index (χ3n) is 17.2. The molecular weight excluding hydrogens is 1450 g/mol. The van der Waals surface area contributed by atoms with Crippen molar-refractivity contribution in [2.45, 2.75) is 169 Å². The Morgan fingerprint density at radius 3 is 1.21 bits per heavy atom. The normalized spacial score (nSPS) is 24.9. The molecule has 0 aromatic heterocycles. The Bertz CT molecular complexity index is 2870. The second-order valence-corrected chi connectivity index (χ2v) is 30.4. The van der Waals surface area contributed by atoms with Crippen LogP contribution < -0.4 is 26.6 Å². The fourth-order valence-electron chi connectivity index (χ4n) is 13.9. The van der Waals surface area contributed by atoms with Crippen LogP contribution >= 0.6 is 0 Å². The molecule has 626 valence electrons. The van der Waals surface area contributed by atoms with Crippen LogP contribution in [0.5, 0.6) is 0 Å². The molecule has 0 radical (unpaired) electrons. The summed E-state index contributed by atoms with van der Waals surface area (Å²) in [6.45, 7) is 17.6. The molecule has 0 bridgehead atoms. The average molecular weight is 1570 g/mol. The van der Waals surface area contributed by atoms with Gasteiger partial charge in [-0.1, -0.05) is 62.3 Å². The number of carbonyl (C=O) groups excluding carboxylic acids is 11. The molecule has 6 fully saturated rings. The predicted molar refractivity (Wildman–Crippen MR) is 376 cm³/mol. The van der Waals surface area contributed by atoms with E-state index in [1.54, 1.807) is 12.2 Å². The number of cyclic esters (lactones) is 6. The van der Waals surface area contributed by atoms with E-state index in [0.717, 1.165) is 41.9 Å². The molecule has 0 aromatic rings. The maximum Gasteiger partial charge on any atom is 0.508 e. The van der Waals surface area contributed by atoms with Gasteiger partial charge in [0.1, 0.15) is 71.7 Å². The number of aliphatic imine (C=N–C) groups is 2. The number of carbonyl (C=O) groups is 9. The molecule has 14 N–H and O–H groups in total. The van der Waals surface area contributed by atoms with Crippen molar-refractivity contribution in [3.8, 4) is 0 Å². The van der Waals surface area contributed by atoms with E-state index in [0.29, 0.717) is 51.9 Å². The highest BCUT2D eigenvalue weighted by Crippen LogP contribution is 2.48. The van der Waals surface area contributed by atoms with E-state index < -0.39 is 117 Å². The van der Waals surface area contributed by atoms with Gasteiger partial charge in [-0.2, -0.15) is 0 Å². The van der Waals surface area contributed by atoms with Crippen LogP contribution in [0.4, 0.5) is 43.2 Å². The molecule has 3 aliphatic heterocycles. The first kappa shape index (κ1) is 96.9. The van der Waals surface area contributed by atoms with E-state index in [9.17, 15) is 63.0 Å². The SMILES string of the molecule is CC1(C)CC(N=C=O)CC(C)(CN=C=O)C1.CC1(C)CC(NC(=O)OCC(O)COC(=O)N(CCO)CCO)CC(C)(CNC(=O)OCC(O)COC(=O)N(CCO)CCO)C1.CC1(C)CC(NC(=O)OCC2COC(=O)O2)CC(C)(CNC(=O)OCC2COC(=O)O2)C1.O=C1OCC(CO)O1.OCCNCCO. The van der Waals surface area contributed by atoms with Gasteiger partial charge < -0.3 is 139 Å². The number of aliphatic hydroxyl groups is 9. The van der Waals surface area contributed by atoms with Crippen LogP contribution in [0.3, 0.4) is 0 Å². The van der Waals surface area contributed by atoms with Crippen molar-refractivity contribution < 1.29 is 156 Å². The molecule has 6 rings (SSSR count). The fraction of sp³-hybridized carbons (Fsp3) is 0.838. The molecule has 0 aromatic carbocycles. The number of aliphatic hydroxyl groups excluding tert-OH is 9. The molecule has 3 saturated carbocycles. The summed E-state index contributed by atoms with van der Waals surface area (Å²) < 4.78 is 57.9. The Labute approximate surface area is 633 Å². The van der Waals surface area contributed by atoms with Crippen molar-refractivity contribution in [2.24, 2.45) is 42.5 Å². The lowest BCUT2D eigenvalue weighted by atomic mass is 9.62. The number of ether oxygens (including phenoxy) is 12. The predicted octanol–water partition coefficient (Wildman–Crippen LogP) is 1.00. The molecule has 3 saturated heterocycles. The number of hydrogen-bond acceptors (Lipinski definition) is 35. The number of rotatable bonds is 34. The van der Waals surface area contributed by atoms with Crippen LogP contribution in [-0.4, -0.2) is 336 Å². The van der Waals surface area contributed by atoms with Gasteiger partial charge in [-0.3, -0.25) is 0 Å². The second kappa shape index (κ2) is 49.8. The lowest BCUT2D eigenvalue weighted by Gasteiger charge is -2.46. The van der Waals surface area contributed by atoms with Gasteiger partial charge in [0.25, 0.3) is 0 Å². The highest BCUT2D eigenvalue weighted by atomic mass is 16.8. The summed E-state index contributed by atoms with van der Waals surface area (Å²) >= 11 is 0. The van der Waals surface area contributed by atoms with E-state index in [4.69, 9.17) is 73.6 Å². The third kappa shape index (κ3) is 42.0. The maximum atomic E-state index is 12.5. The van der Waals surface area contributed by atoms with Crippen LogP contribution in [0.1, 0.15) is 120 Å². The summed E-state index contributed by atoms with van der Waals surface area (Å²) in [6, 6.07) is -0.480. The minimum atomic E-state index is -1.30. The summed E-state index contributed by atoms with van der Waals surface area (Å²) in [4.78, 5) is 135. The number of isocyanates is 2. The summed E-state index contributed by atoms with van der Waals surface area (Å²) in [5, 5.41) is 94.5. The van der Waals surface area contributed by atoms with Gasteiger partial charge in [-0.05, 0) is 90.3 Å². The van der Waals surface area contributed by atoms with E-state index >= 15 is 0 Å². The Hall–Kier alpha value is -8.21. The Kier molecular flexibility index (Phi) is 44.3. The van der Waals surface area contributed by atoms with Crippen LogP contribution in [-0.2, 0) is 66.4 Å². The molecule has 3 heterocycles. The standard InChI is InChI=1S/C28H52N4O14.C20H30N2O10.C12H18N2O2.C4H11NO2.C4H6O4/c1-27(2)12-20(30-24(40)44-15-22(38)17-46-26(42)32(6-10-35)7-11-36)13-28(3,18-27)19-29-23(39)43-14-21(37)16-45-25(41)31(4-8-33)5-9-34;1-19(2)4-12(22-16(24)28-7-14-9-30-18(26)32-14)5-20(3,10-19)11-21-15(23)27-6-13-8-29-17(25)31-13;1-11(2)4-10(14-9-16)5-12(3,6-11)7-13-8-15;6-3-1-5-2-4-7;5-1-3-2-7-4(6)8-3/h20-22,33-38H,4-19H2,1-3H3,(H,29,39)(H,30,40);12-14H,4-11H2,1-3H3,(H,21,23)(H,22,24);10H,4-7H2,1-3H3;5-7H,1-4H2;3,5H,1-2H2. The summed E-state index contributed by atoms with van der Waals surface area (Å²) in [6.07, 6.45) is -1.08. The van der Waals surface area contributed by atoms with Gasteiger partial charge in [-0.15, -0.1) is 0 Å². The van der Waals surface area contributed by atoms with Crippen LogP contribution in [0.15, 0.2) is 9.98 Å². The van der Waals surface area contributed by atoms with Crippen molar-refractivity contribution in [3.63, 3.8) is 0 Å². The molecule has 41 nitrogen and oxygen atoms in total. The topological polar surface area (TPSA) is 572 Å². The van der Waals surface area contributed by atoms with Gasteiger partial charge in [0.05, 0.1) is 58.8 Å². The molecule has 6 aliphatic rings. The Morgan fingerprint density at radius 1 is 0.477 bits per heavy atom. The molecule has 41 heteroatoms. The molecule has 109 heavy (non-hydrogen) atoms. The van der Waals surface area contributed by atoms with Crippen molar-refractivity contribution in [2.75, 3.05) is 165 Å². The van der Waals surface area contributed by atoms with Crippen molar-refractivity contribution in [3.05, 3.63) is 0 Å². The average Bonchev–Trinajstić information content (AvgIpc) is 1.42. The maximum absolute atomic E-state index is 12.5. The second-order valence-electron chi connectivity index (χ2n) is 30.4. The summed E-state index contributed by atoms with van der Waals surface area (Å²) in [5.74, 6) is 0. The smallest absolute Gasteiger partial charge is 0.447 e. The zero-order valence-electron chi connectivity index (χ0n) is 63.9. The number of amides is 6. The van der Waals surface area contributed by atoms with Crippen LogP contribution in [0, 0.1) is 32.5 Å². The highest BCUT2D eigenvalue weighted by Gasteiger charge is 2.45. The largest absolute Gasteiger partial charge is 0.508 e. The summed E-state index contributed by atoms with van der Waals surface area (Å²) in [5.41, 5.74) is -1.00. The van der Waals surface area contributed by atoms with Crippen molar-refractivity contribution >= 4 is 67.2 Å². The summed E-state index contributed by atoms with van der Waals surface area (Å²) in [7, 11) is 0. The van der Waals surface area contributed by atoms with E-state index in [1.807, 2.05) is 27.7 Å². The molecule has 0 spiro atoms. The number of nitrogens with zero attached hydrogens (tertiary/aromatic N) is 4. The van der Waals surface area contributed by atoms with E-state index in [-0.39, 0.29) is 157 Å². The molecule has 3 aliphatic carbocycles. The zero-order chi connectivity index (χ0) is 81.9. The minimum absolute atomic E-state index is 0.00750. The lowest BCUT2D eigenvalue weighted by molar-refractivity contribution is 0.00633. The lowest BCUT2D eigenvalue weighted by Crippen LogP contribution is -2.50. The number of nitrogens with one attached hydrogen (secondary N) is 5. The van der Waals surface area contributed by atoms with E-state index in [1.165, 1.54) is 0 Å². The fourth-order valence-corrected chi connectivity index (χ4v) is 13.9. The Morgan fingerprint density at radius 2 is 0.844 bits per heavy atom.